The molecule has 0 atom stereocenters. The second-order valence-corrected chi connectivity index (χ2v) is 6.09. The molecule has 1 aromatic rings. The Morgan fingerprint density at radius 2 is 2.15 bits per heavy atom. The van der Waals surface area contributed by atoms with E-state index >= 15 is 0 Å². The molecule has 0 bridgehead atoms. The van der Waals surface area contributed by atoms with Crippen molar-refractivity contribution in [2.75, 3.05) is 52.3 Å². The van der Waals surface area contributed by atoms with Gasteiger partial charge < -0.3 is 25.0 Å². The number of carbonyl (C=O) groups is 1. The summed E-state index contributed by atoms with van der Waals surface area (Å²) in [5.74, 6) is 0.611. The number of hydrogen-bond donors (Lipinski definition) is 2. The Morgan fingerprint density at radius 3 is 2.78 bits per heavy atom. The molecule has 0 radical (unpaired) electrons. The fourth-order valence-electron chi connectivity index (χ4n) is 2.82. The van der Waals surface area contributed by atoms with Gasteiger partial charge in [0.05, 0.1) is 24.5 Å². The van der Waals surface area contributed by atoms with Crippen LogP contribution in [0.5, 0.6) is 0 Å². The molecule has 1 aromatic heterocycles. The lowest BCUT2D eigenvalue weighted by Crippen LogP contribution is -2.48. The topological polar surface area (TPSA) is 88.1 Å². The normalized spacial score (nSPS) is 15.2. The maximum Gasteiger partial charge on any atom is 0.243 e. The lowest BCUT2D eigenvalue weighted by atomic mass is 10.1. The lowest BCUT2D eigenvalue weighted by Gasteiger charge is -2.34. The highest BCUT2D eigenvalue weighted by Gasteiger charge is 2.22. The molecule has 2 N–H and O–H groups in total. The number of carbonyl (C=O) groups excluding carboxylic acids is 1. The number of aromatic nitrogens is 1. The average Bonchev–Trinajstić information content (AvgIpc) is 2.67. The van der Waals surface area contributed by atoms with Gasteiger partial charge in [-0.05, 0) is 31.4 Å². The van der Waals surface area contributed by atoms with Gasteiger partial charge in [-0.2, -0.15) is 0 Å². The molecule has 1 fully saturated rings. The number of ether oxygens (including phenoxy) is 2. The third-order valence-corrected chi connectivity index (χ3v) is 4.15. The van der Waals surface area contributed by atoms with Crippen molar-refractivity contribution < 1.29 is 14.3 Å². The van der Waals surface area contributed by atoms with Crippen LogP contribution >= 0.6 is 24.0 Å². The number of anilines is 1. The minimum Gasteiger partial charge on any atom is -0.385 e. The fourth-order valence-corrected chi connectivity index (χ4v) is 2.82. The molecule has 27 heavy (non-hydrogen) atoms. The molecule has 8 nitrogen and oxygen atoms in total. The predicted molar refractivity (Wildman–Crippen MR) is 117 cm³/mol. The largest absolute Gasteiger partial charge is 0.385 e. The predicted octanol–water partition coefficient (Wildman–Crippen LogP) is 1.73. The highest BCUT2D eigenvalue weighted by atomic mass is 127. The number of pyridine rings is 1. The van der Waals surface area contributed by atoms with E-state index in [2.05, 4.69) is 25.5 Å². The van der Waals surface area contributed by atoms with Crippen LogP contribution in [0.2, 0.25) is 0 Å². The summed E-state index contributed by atoms with van der Waals surface area (Å²) in [7, 11) is 3.43. The van der Waals surface area contributed by atoms with Crippen molar-refractivity contribution in [1.29, 1.82) is 0 Å². The Hall–Kier alpha value is -1.46. The number of rotatable bonds is 8. The highest BCUT2D eigenvalue weighted by Crippen LogP contribution is 2.14. The number of nitrogens with zero attached hydrogens (tertiary/aromatic N) is 3. The Bertz CT molecular complexity index is 565. The first kappa shape index (κ1) is 23.6. The average molecular weight is 491 g/mol. The first-order valence-electron chi connectivity index (χ1n) is 8.99. The van der Waals surface area contributed by atoms with E-state index in [1.165, 1.54) is 0 Å². The van der Waals surface area contributed by atoms with E-state index in [1.807, 2.05) is 0 Å². The van der Waals surface area contributed by atoms with E-state index in [0.29, 0.717) is 5.69 Å². The van der Waals surface area contributed by atoms with E-state index < -0.39 is 0 Å². The summed E-state index contributed by atoms with van der Waals surface area (Å²) in [6.07, 6.45) is 6.40. The first-order chi connectivity index (χ1) is 12.7. The van der Waals surface area contributed by atoms with Crippen LogP contribution in [-0.4, -0.2) is 74.9 Å². The van der Waals surface area contributed by atoms with Crippen LogP contribution in [0.4, 0.5) is 5.69 Å². The van der Waals surface area contributed by atoms with E-state index in [0.717, 1.165) is 51.5 Å². The van der Waals surface area contributed by atoms with E-state index in [9.17, 15) is 4.79 Å². The quantitative estimate of drug-likeness (QED) is 0.249. The second-order valence-electron chi connectivity index (χ2n) is 6.09. The van der Waals surface area contributed by atoms with Gasteiger partial charge >= 0.3 is 0 Å². The highest BCUT2D eigenvalue weighted by molar-refractivity contribution is 14.0. The van der Waals surface area contributed by atoms with Crippen LogP contribution in [0.1, 0.15) is 19.3 Å². The Labute approximate surface area is 178 Å². The summed E-state index contributed by atoms with van der Waals surface area (Å²) in [6, 6.07) is 3.58. The van der Waals surface area contributed by atoms with E-state index in [1.54, 1.807) is 38.7 Å². The van der Waals surface area contributed by atoms with Crippen LogP contribution in [0.25, 0.3) is 0 Å². The van der Waals surface area contributed by atoms with Crippen molar-refractivity contribution in [2.24, 2.45) is 4.99 Å². The SMILES string of the molecule is CN=C(NCC(=O)Nc1cccnc1)N1CCC(OCCCOC)CC1.I. The molecule has 1 saturated heterocycles. The van der Waals surface area contributed by atoms with Crippen LogP contribution in [0, 0.1) is 0 Å². The van der Waals surface area contributed by atoms with Gasteiger partial charge in [-0.1, -0.05) is 0 Å². The molecule has 0 unspecified atom stereocenters. The van der Waals surface area contributed by atoms with Crippen LogP contribution in [0.15, 0.2) is 29.5 Å². The molecule has 0 aliphatic carbocycles. The maximum absolute atomic E-state index is 12.0. The number of guanidine groups is 1. The molecule has 1 aliphatic heterocycles. The van der Waals surface area contributed by atoms with Gasteiger partial charge in [0.25, 0.3) is 0 Å². The summed E-state index contributed by atoms with van der Waals surface area (Å²) >= 11 is 0. The number of methoxy groups -OCH3 is 1. The molecule has 0 spiro atoms. The van der Waals surface area contributed by atoms with Crippen LogP contribution in [-0.2, 0) is 14.3 Å². The van der Waals surface area contributed by atoms with E-state index in [-0.39, 0.29) is 42.5 Å². The number of halogens is 1. The van der Waals surface area contributed by atoms with Crippen molar-refractivity contribution in [1.82, 2.24) is 15.2 Å². The third-order valence-electron chi connectivity index (χ3n) is 4.15. The molecule has 2 rings (SSSR count). The third kappa shape index (κ3) is 8.85. The number of piperidine rings is 1. The van der Waals surface area contributed by atoms with Crippen molar-refractivity contribution in [2.45, 2.75) is 25.4 Å². The fraction of sp³-hybridized carbons (Fsp3) is 0.611. The number of hydrogen-bond acceptors (Lipinski definition) is 5. The summed E-state index contributed by atoms with van der Waals surface area (Å²) in [4.78, 5) is 22.5. The molecule has 1 amide bonds. The van der Waals surface area contributed by atoms with Gasteiger partial charge in [-0.3, -0.25) is 14.8 Å². The smallest absolute Gasteiger partial charge is 0.243 e. The van der Waals surface area contributed by atoms with Crippen molar-refractivity contribution >= 4 is 41.5 Å². The standard InChI is InChI=1S/C18H29N5O3.HI/c1-19-18(21-14-17(24)22-15-5-3-8-20-13-15)23-9-6-16(7-10-23)26-12-4-11-25-2;/h3,5,8,13,16H,4,6-7,9-12,14H2,1-2H3,(H,19,21)(H,22,24);1H. The zero-order valence-corrected chi connectivity index (χ0v) is 18.3. The molecule has 9 heteroatoms. The van der Waals surface area contributed by atoms with Gasteiger partial charge in [-0.25, -0.2) is 0 Å². The molecular weight excluding hydrogens is 461 g/mol. The molecule has 0 saturated carbocycles. The summed E-state index contributed by atoms with van der Waals surface area (Å²) in [5, 5.41) is 5.92. The summed E-state index contributed by atoms with van der Waals surface area (Å²) in [6.45, 7) is 3.35. The second kappa shape index (κ2) is 13.7. The van der Waals surface area contributed by atoms with Crippen molar-refractivity contribution in [3.63, 3.8) is 0 Å². The van der Waals surface area contributed by atoms with Gasteiger partial charge in [0.1, 0.15) is 0 Å². The van der Waals surface area contributed by atoms with Gasteiger partial charge in [0.15, 0.2) is 5.96 Å². The monoisotopic (exact) mass is 491 g/mol. The van der Waals surface area contributed by atoms with Gasteiger partial charge in [-0.15, -0.1) is 24.0 Å². The number of aliphatic imine (C=N–C) groups is 1. The summed E-state index contributed by atoms with van der Waals surface area (Å²) in [5.41, 5.74) is 0.681. The van der Waals surface area contributed by atoms with Crippen molar-refractivity contribution in [3.8, 4) is 0 Å². The Balaban J connectivity index is 0.00000364. The number of amides is 1. The van der Waals surface area contributed by atoms with Crippen LogP contribution in [0.3, 0.4) is 0 Å². The molecule has 2 heterocycles. The Morgan fingerprint density at radius 1 is 1.37 bits per heavy atom. The molecule has 1 aliphatic rings. The zero-order chi connectivity index (χ0) is 18.6. The minimum atomic E-state index is -0.129. The molecule has 152 valence electrons. The van der Waals surface area contributed by atoms with Crippen LogP contribution < -0.4 is 10.6 Å². The molecule has 0 aromatic carbocycles. The number of likely N-dealkylation sites (tertiary alicyclic amines) is 1. The van der Waals surface area contributed by atoms with Crippen molar-refractivity contribution in [3.05, 3.63) is 24.5 Å². The minimum absolute atomic E-state index is 0. The maximum atomic E-state index is 12.0. The molecular formula is C18H30IN5O3. The zero-order valence-electron chi connectivity index (χ0n) is 16.0. The first-order valence-corrected chi connectivity index (χ1v) is 8.99. The van der Waals surface area contributed by atoms with E-state index in [4.69, 9.17) is 9.47 Å². The van der Waals surface area contributed by atoms with Gasteiger partial charge in [0.2, 0.25) is 5.91 Å². The van der Waals surface area contributed by atoms with Gasteiger partial charge in [0, 0.05) is 46.7 Å². The lowest BCUT2D eigenvalue weighted by molar-refractivity contribution is -0.115. The Kier molecular flexibility index (Phi) is 11.9. The number of nitrogens with one attached hydrogen (secondary N) is 2. The summed E-state index contributed by atoms with van der Waals surface area (Å²) < 4.78 is 10.9.